The zero-order chi connectivity index (χ0) is 14.0. The maximum absolute atomic E-state index is 4.11. The molecule has 1 aromatic carbocycles. The molecule has 20 heavy (non-hydrogen) atoms. The van der Waals surface area contributed by atoms with E-state index in [0.717, 1.165) is 13.0 Å². The summed E-state index contributed by atoms with van der Waals surface area (Å²) in [5.41, 5.74) is 2.78. The van der Waals surface area contributed by atoms with Crippen molar-refractivity contribution >= 4 is 0 Å². The third kappa shape index (κ3) is 4.78. The fraction of sp³-hybridized carbons (Fsp3) is 0.389. The summed E-state index contributed by atoms with van der Waals surface area (Å²) in [4.78, 5) is 4.11. The van der Waals surface area contributed by atoms with Gasteiger partial charge in [0, 0.05) is 18.4 Å². The second-order valence-corrected chi connectivity index (χ2v) is 5.17. The first-order valence-electron chi connectivity index (χ1n) is 7.57. The topological polar surface area (TPSA) is 24.9 Å². The lowest BCUT2D eigenvalue weighted by Crippen LogP contribution is -2.22. The van der Waals surface area contributed by atoms with Crippen LogP contribution in [-0.2, 0) is 6.42 Å². The number of pyridine rings is 1. The van der Waals surface area contributed by atoms with Gasteiger partial charge in [0.15, 0.2) is 0 Å². The molecule has 0 fully saturated rings. The van der Waals surface area contributed by atoms with Crippen LogP contribution in [0.2, 0.25) is 0 Å². The summed E-state index contributed by atoms with van der Waals surface area (Å²) in [6.45, 7) is 3.28. The second-order valence-electron chi connectivity index (χ2n) is 5.17. The average Bonchev–Trinajstić information content (AvgIpc) is 2.52. The van der Waals surface area contributed by atoms with Gasteiger partial charge in [-0.15, -0.1) is 0 Å². The fourth-order valence-electron chi connectivity index (χ4n) is 2.46. The van der Waals surface area contributed by atoms with Crippen LogP contribution in [0.25, 0.3) is 0 Å². The number of hydrogen-bond acceptors (Lipinski definition) is 2. The van der Waals surface area contributed by atoms with Gasteiger partial charge < -0.3 is 5.32 Å². The van der Waals surface area contributed by atoms with E-state index < -0.39 is 0 Å². The van der Waals surface area contributed by atoms with Crippen molar-refractivity contribution in [1.29, 1.82) is 0 Å². The summed E-state index contributed by atoms with van der Waals surface area (Å²) in [5, 5.41) is 3.64. The van der Waals surface area contributed by atoms with E-state index in [1.165, 1.54) is 30.4 Å². The molecule has 0 saturated heterocycles. The van der Waals surface area contributed by atoms with Gasteiger partial charge in [0.2, 0.25) is 0 Å². The maximum Gasteiger partial charge on any atom is 0.0321 e. The Balaban J connectivity index is 1.88. The average molecular weight is 268 g/mol. The highest BCUT2D eigenvalue weighted by atomic mass is 14.9. The molecule has 1 N–H and O–H groups in total. The molecule has 0 saturated carbocycles. The molecule has 1 heterocycles. The zero-order valence-corrected chi connectivity index (χ0v) is 12.3. The minimum absolute atomic E-state index is 0.446. The number of rotatable bonds is 8. The first-order valence-corrected chi connectivity index (χ1v) is 7.57. The zero-order valence-electron chi connectivity index (χ0n) is 12.3. The van der Waals surface area contributed by atoms with Crippen LogP contribution in [0, 0.1) is 0 Å². The standard InChI is InChI=1S/C18H24N2/c1-2-13-20-18(17-11-14-19-15-12-17)10-6-9-16-7-4-3-5-8-16/h3-5,7-8,11-12,14-15,18,20H,2,6,9-10,13H2,1H3. The number of nitrogens with zero attached hydrogens (tertiary/aromatic N) is 1. The quantitative estimate of drug-likeness (QED) is 0.778. The Morgan fingerprint density at radius 3 is 2.50 bits per heavy atom. The van der Waals surface area contributed by atoms with Crippen molar-refractivity contribution in [3.8, 4) is 0 Å². The fourth-order valence-corrected chi connectivity index (χ4v) is 2.46. The van der Waals surface area contributed by atoms with Crippen LogP contribution in [-0.4, -0.2) is 11.5 Å². The third-order valence-corrected chi connectivity index (χ3v) is 3.55. The molecule has 1 aromatic heterocycles. The Morgan fingerprint density at radius 2 is 1.80 bits per heavy atom. The number of benzene rings is 1. The molecule has 0 aliphatic rings. The smallest absolute Gasteiger partial charge is 0.0321 e. The third-order valence-electron chi connectivity index (χ3n) is 3.55. The van der Waals surface area contributed by atoms with Crippen LogP contribution in [0.15, 0.2) is 54.9 Å². The van der Waals surface area contributed by atoms with E-state index in [-0.39, 0.29) is 0 Å². The van der Waals surface area contributed by atoms with Crippen LogP contribution in [0.5, 0.6) is 0 Å². The normalized spacial score (nSPS) is 12.2. The van der Waals surface area contributed by atoms with Gasteiger partial charge in [-0.2, -0.15) is 0 Å². The molecule has 2 heteroatoms. The van der Waals surface area contributed by atoms with Crippen LogP contribution >= 0.6 is 0 Å². The lowest BCUT2D eigenvalue weighted by Gasteiger charge is -2.18. The molecule has 2 nitrogen and oxygen atoms in total. The van der Waals surface area contributed by atoms with Crippen LogP contribution in [0.1, 0.15) is 43.4 Å². The molecule has 2 rings (SSSR count). The van der Waals surface area contributed by atoms with Crippen molar-refractivity contribution in [2.75, 3.05) is 6.54 Å². The van der Waals surface area contributed by atoms with Gasteiger partial charge >= 0.3 is 0 Å². The summed E-state index contributed by atoms with van der Waals surface area (Å²) >= 11 is 0. The summed E-state index contributed by atoms with van der Waals surface area (Å²) in [7, 11) is 0. The molecule has 0 bridgehead atoms. The Kier molecular flexibility index (Phi) is 6.25. The van der Waals surface area contributed by atoms with Gasteiger partial charge in [-0.1, -0.05) is 37.3 Å². The largest absolute Gasteiger partial charge is 0.310 e. The summed E-state index contributed by atoms with van der Waals surface area (Å²) in [5.74, 6) is 0. The summed E-state index contributed by atoms with van der Waals surface area (Å²) in [6, 6.07) is 15.4. The molecule has 0 amide bonds. The van der Waals surface area contributed by atoms with Crippen molar-refractivity contribution in [2.45, 2.75) is 38.6 Å². The lowest BCUT2D eigenvalue weighted by molar-refractivity contribution is 0.484. The highest BCUT2D eigenvalue weighted by Gasteiger charge is 2.09. The monoisotopic (exact) mass is 268 g/mol. The van der Waals surface area contributed by atoms with E-state index in [2.05, 4.69) is 59.7 Å². The Hall–Kier alpha value is -1.67. The first-order chi connectivity index (χ1) is 9.90. The van der Waals surface area contributed by atoms with Gasteiger partial charge in [0.05, 0.1) is 0 Å². The summed E-state index contributed by atoms with van der Waals surface area (Å²) in [6.07, 6.45) is 8.45. The molecule has 1 unspecified atom stereocenters. The number of hydrogen-bond donors (Lipinski definition) is 1. The molecular weight excluding hydrogens is 244 g/mol. The predicted molar refractivity (Wildman–Crippen MR) is 84.7 cm³/mol. The van der Waals surface area contributed by atoms with Crippen molar-refractivity contribution < 1.29 is 0 Å². The summed E-state index contributed by atoms with van der Waals surface area (Å²) < 4.78 is 0. The van der Waals surface area contributed by atoms with E-state index in [4.69, 9.17) is 0 Å². The maximum atomic E-state index is 4.11. The SMILES string of the molecule is CCCNC(CCCc1ccccc1)c1ccncc1. The molecular formula is C18H24N2. The second kappa shape index (κ2) is 8.49. The number of aromatic nitrogens is 1. The van der Waals surface area contributed by atoms with E-state index >= 15 is 0 Å². The first kappa shape index (κ1) is 14.7. The van der Waals surface area contributed by atoms with Gasteiger partial charge in [-0.05, 0) is 55.5 Å². The Labute approximate surface area is 122 Å². The Morgan fingerprint density at radius 1 is 1.05 bits per heavy atom. The molecule has 0 aliphatic heterocycles. The van der Waals surface area contributed by atoms with Gasteiger partial charge in [0.25, 0.3) is 0 Å². The highest BCUT2D eigenvalue weighted by Crippen LogP contribution is 2.19. The number of nitrogens with one attached hydrogen (secondary N) is 1. The Bertz CT molecular complexity index is 467. The van der Waals surface area contributed by atoms with Crippen LogP contribution < -0.4 is 5.32 Å². The van der Waals surface area contributed by atoms with Crippen LogP contribution in [0.4, 0.5) is 0 Å². The molecule has 0 spiro atoms. The van der Waals surface area contributed by atoms with Crippen molar-refractivity contribution in [3.05, 3.63) is 66.0 Å². The molecule has 106 valence electrons. The minimum atomic E-state index is 0.446. The van der Waals surface area contributed by atoms with Gasteiger partial charge in [0.1, 0.15) is 0 Å². The van der Waals surface area contributed by atoms with Crippen molar-refractivity contribution in [3.63, 3.8) is 0 Å². The predicted octanol–water partition coefficient (Wildman–Crippen LogP) is 4.15. The van der Waals surface area contributed by atoms with Crippen molar-refractivity contribution in [1.82, 2.24) is 10.3 Å². The molecule has 1 atom stereocenters. The van der Waals surface area contributed by atoms with Crippen LogP contribution in [0.3, 0.4) is 0 Å². The van der Waals surface area contributed by atoms with Crippen molar-refractivity contribution in [2.24, 2.45) is 0 Å². The van der Waals surface area contributed by atoms with Gasteiger partial charge in [-0.25, -0.2) is 0 Å². The lowest BCUT2D eigenvalue weighted by atomic mass is 9.99. The number of aryl methyl sites for hydroxylation is 1. The van der Waals surface area contributed by atoms with Gasteiger partial charge in [-0.3, -0.25) is 4.98 Å². The minimum Gasteiger partial charge on any atom is -0.310 e. The molecule has 0 aliphatic carbocycles. The van der Waals surface area contributed by atoms with E-state index in [0.29, 0.717) is 6.04 Å². The van der Waals surface area contributed by atoms with E-state index in [9.17, 15) is 0 Å². The molecule has 0 radical (unpaired) electrons. The van der Waals surface area contributed by atoms with E-state index in [1.807, 2.05) is 12.4 Å². The molecule has 2 aromatic rings. The van der Waals surface area contributed by atoms with E-state index in [1.54, 1.807) is 0 Å². The highest BCUT2D eigenvalue weighted by molar-refractivity contribution is 5.16.